The summed E-state index contributed by atoms with van der Waals surface area (Å²) in [6.45, 7) is 0. The van der Waals surface area contributed by atoms with Crippen molar-refractivity contribution in [1.82, 2.24) is 0 Å². The molecule has 0 N–H and O–H groups in total. The molecule has 1 aliphatic carbocycles. The third kappa shape index (κ3) is 2.74. The fourth-order valence-corrected chi connectivity index (χ4v) is 0.536. The van der Waals surface area contributed by atoms with Gasteiger partial charge in [-0.2, -0.15) is 6.08 Å². The molecule has 0 amide bonds. The molecular formula is C6H5F2Li. The Labute approximate surface area is 64.8 Å². The topological polar surface area (TPSA) is 0 Å². The zero-order valence-electron chi connectivity index (χ0n) is 5.20. The predicted molar refractivity (Wildman–Crippen MR) is 27.3 cm³/mol. The largest absolute Gasteiger partial charge is 1.00 e. The van der Waals surface area contributed by atoms with E-state index in [-0.39, 0.29) is 25.3 Å². The summed E-state index contributed by atoms with van der Waals surface area (Å²) in [7, 11) is 0. The standard InChI is InChI=1S/C6H5F2.Li/c7-5-2-1-3-6(8)4-5;/h1-3H,4H2;/q-1;+1. The van der Waals surface area contributed by atoms with Gasteiger partial charge in [-0.1, -0.05) is 0 Å². The number of hydrogen-bond acceptors (Lipinski definition) is 0. The second-order valence-corrected chi connectivity index (χ2v) is 1.60. The summed E-state index contributed by atoms with van der Waals surface area (Å²) in [5, 5.41) is 0. The molecule has 0 aromatic heterocycles. The molecule has 0 aromatic carbocycles. The van der Waals surface area contributed by atoms with Crippen molar-refractivity contribution in [3.8, 4) is 0 Å². The monoisotopic (exact) mass is 122 g/mol. The van der Waals surface area contributed by atoms with Gasteiger partial charge in [-0.15, -0.1) is 6.08 Å². The van der Waals surface area contributed by atoms with Crippen LogP contribution < -0.4 is 18.9 Å². The second-order valence-electron chi connectivity index (χ2n) is 1.60. The first-order valence-electron chi connectivity index (χ1n) is 2.33. The van der Waals surface area contributed by atoms with E-state index < -0.39 is 12.0 Å². The average molecular weight is 122 g/mol. The van der Waals surface area contributed by atoms with Crippen molar-refractivity contribution in [3.05, 3.63) is 30.2 Å². The van der Waals surface area contributed by atoms with E-state index in [9.17, 15) is 8.78 Å². The van der Waals surface area contributed by atoms with E-state index in [0.29, 0.717) is 0 Å². The van der Waals surface area contributed by atoms with Crippen LogP contribution in [0.3, 0.4) is 0 Å². The maximum atomic E-state index is 12.0. The zero-order valence-corrected chi connectivity index (χ0v) is 5.20. The summed E-state index contributed by atoms with van der Waals surface area (Å²) in [5.74, 6) is -0.412. The Morgan fingerprint density at radius 1 is 1.56 bits per heavy atom. The van der Waals surface area contributed by atoms with Crippen LogP contribution in [0.2, 0.25) is 0 Å². The van der Waals surface area contributed by atoms with Crippen LogP contribution in [0.5, 0.6) is 0 Å². The summed E-state index contributed by atoms with van der Waals surface area (Å²) >= 11 is 0. The summed E-state index contributed by atoms with van der Waals surface area (Å²) < 4.78 is 24.0. The molecule has 3 heteroatoms. The molecule has 0 aliphatic heterocycles. The molecule has 44 valence electrons. The molecule has 0 aromatic rings. The Bertz CT molecular complexity index is 140. The summed E-state index contributed by atoms with van der Waals surface area (Å²) in [6.07, 6.45) is 3.28. The number of hydrogen-bond donors (Lipinski definition) is 0. The molecule has 0 nitrogen and oxygen atoms in total. The van der Waals surface area contributed by atoms with Crippen LogP contribution in [0.4, 0.5) is 8.78 Å². The van der Waals surface area contributed by atoms with Gasteiger partial charge in [0.05, 0.1) is 5.83 Å². The normalized spacial score (nSPS) is 16.7. The maximum absolute atomic E-state index is 12.0. The Balaban J connectivity index is 0.000000640. The van der Waals surface area contributed by atoms with Gasteiger partial charge in [0.15, 0.2) is 0 Å². The SMILES string of the molecule is FC1=CC=C[C-](F)C1.[Li+]. The van der Waals surface area contributed by atoms with Crippen LogP contribution in [0, 0.1) is 6.17 Å². The van der Waals surface area contributed by atoms with Crippen LogP contribution in [0.25, 0.3) is 0 Å². The number of halogens is 2. The van der Waals surface area contributed by atoms with Crippen LogP contribution in [0.1, 0.15) is 6.42 Å². The molecule has 0 fully saturated rings. The van der Waals surface area contributed by atoms with Crippen molar-refractivity contribution < 1.29 is 27.6 Å². The van der Waals surface area contributed by atoms with E-state index in [1.807, 2.05) is 0 Å². The molecule has 0 saturated heterocycles. The maximum Gasteiger partial charge on any atom is 1.00 e. The quantitative estimate of drug-likeness (QED) is 0.294. The van der Waals surface area contributed by atoms with Gasteiger partial charge in [0.25, 0.3) is 0 Å². The molecule has 0 spiro atoms. The molecule has 0 saturated carbocycles. The minimum atomic E-state index is -0.412. The Morgan fingerprint density at radius 3 is 2.56 bits per heavy atom. The Hall–Kier alpha value is -0.193. The zero-order chi connectivity index (χ0) is 5.98. The van der Waals surface area contributed by atoms with Crippen LogP contribution in [-0.2, 0) is 0 Å². The molecule has 1 aliphatic rings. The third-order valence-electron chi connectivity index (χ3n) is 0.892. The number of allylic oxidation sites excluding steroid dienone is 4. The van der Waals surface area contributed by atoms with Crippen LogP contribution >= 0.6 is 0 Å². The molecule has 1 rings (SSSR count). The second kappa shape index (κ2) is 3.76. The van der Waals surface area contributed by atoms with E-state index in [1.54, 1.807) is 0 Å². The minimum absolute atomic E-state index is 0. The van der Waals surface area contributed by atoms with Gasteiger partial charge in [-0.25, -0.2) is 10.5 Å². The predicted octanol–water partition coefficient (Wildman–Crippen LogP) is -0.695. The fraction of sp³-hybridized carbons (Fsp3) is 0.167. The van der Waals surface area contributed by atoms with E-state index >= 15 is 0 Å². The Morgan fingerprint density at radius 2 is 2.22 bits per heavy atom. The molecule has 0 atom stereocenters. The van der Waals surface area contributed by atoms with Crippen LogP contribution in [0.15, 0.2) is 24.1 Å². The number of rotatable bonds is 0. The molecule has 0 radical (unpaired) electrons. The van der Waals surface area contributed by atoms with Gasteiger partial charge >= 0.3 is 18.9 Å². The van der Waals surface area contributed by atoms with E-state index in [1.165, 1.54) is 18.2 Å². The van der Waals surface area contributed by atoms with Crippen molar-refractivity contribution >= 4 is 0 Å². The molecule has 0 unspecified atom stereocenters. The molecule has 9 heavy (non-hydrogen) atoms. The summed E-state index contributed by atoms with van der Waals surface area (Å²) in [4.78, 5) is 0. The minimum Gasteiger partial charge on any atom is -0.324 e. The molecular weight excluding hydrogens is 117 g/mol. The van der Waals surface area contributed by atoms with Crippen molar-refractivity contribution in [2.45, 2.75) is 6.42 Å². The third-order valence-corrected chi connectivity index (χ3v) is 0.892. The molecule has 0 heterocycles. The Kier molecular flexibility index (Phi) is 3.68. The van der Waals surface area contributed by atoms with Gasteiger partial charge in [-0.3, -0.25) is 0 Å². The van der Waals surface area contributed by atoms with Crippen molar-refractivity contribution in [2.24, 2.45) is 0 Å². The molecule has 0 bridgehead atoms. The van der Waals surface area contributed by atoms with Gasteiger partial charge in [0.1, 0.15) is 0 Å². The van der Waals surface area contributed by atoms with Gasteiger partial charge < -0.3 is 4.39 Å². The van der Waals surface area contributed by atoms with Gasteiger partial charge in [0.2, 0.25) is 0 Å². The van der Waals surface area contributed by atoms with Crippen LogP contribution in [-0.4, -0.2) is 0 Å². The average Bonchev–Trinajstić information content (AvgIpc) is 1.64. The van der Waals surface area contributed by atoms with Crippen molar-refractivity contribution in [1.29, 1.82) is 0 Å². The van der Waals surface area contributed by atoms with Crippen molar-refractivity contribution in [2.75, 3.05) is 0 Å². The summed E-state index contributed by atoms with van der Waals surface area (Å²) in [5.41, 5.74) is 0. The first-order valence-corrected chi connectivity index (χ1v) is 2.33. The van der Waals surface area contributed by atoms with Crippen molar-refractivity contribution in [3.63, 3.8) is 0 Å². The van der Waals surface area contributed by atoms with Gasteiger partial charge in [0, 0.05) is 0 Å². The first-order chi connectivity index (χ1) is 3.79. The summed E-state index contributed by atoms with van der Waals surface area (Å²) in [6, 6.07) is 0. The van der Waals surface area contributed by atoms with E-state index in [4.69, 9.17) is 0 Å². The smallest absolute Gasteiger partial charge is 0.324 e. The van der Waals surface area contributed by atoms with E-state index in [2.05, 4.69) is 0 Å². The van der Waals surface area contributed by atoms with Gasteiger partial charge in [-0.05, 0) is 12.6 Å². The first kappa shape index (κ1) is 8.81. The fourth-order valence-electron chi connectivity index (χ4n) is 0.536. The van der Waals surface area contributed by atoms with E-state index in [0.717, 1.165) is 0 Å².